The minimum atomic E-state index is -0.438. The average Bonchev–Trinajstić information content (AvgIpc) is 2.89. The summed E-state index contributed by atoms with van der Waals surface area (Å²) in [6.45, 7) is 2.43. The van der Waals surface area contributed by atoms with Gasteiger partial charge >= 0.3 is 0 Å². The molecule has 1 aliphatic rings. The van der Waals surface area contributed by atoms with Gasteiger partial charge in [-0.15, -0.1) is 0 Å². The zero-order chi connectivity index (χ0) is 24.4. The Morgan fingerprint density at radius 3 is 2.43 bits per heavy atom. The first kappa shape index (κ1) is 23.0. The van der Waals surface area contributed by atoms with Gasteiger partial charge in [0.25, 0.3) is 5.91 Å². The predicted molar refractivity (Wildman–Crippen MR) is 142 cm³/mol. The minimum absolute atomic E-state index is 0.0573. The van der Waals surface area contributed by atoms with Crippen LogP contribution in [0.15, 0.2) is 95.5 Å². The predicted octanol–water partition coefficient (Wildman–Crippen LogP) is 7.12. The van der Waals surface area contributed by atoms with Crippen LogP contribution in [0.3, 0.4) is 0 Å². The van der Waals surface area contributed by atoms with Crippen molar-refractivity contribution in [3.8, 4) is 11.5 Å². The molecule has 0 aromatic heterocycles. The molecule has 1 aliphatic heterocycles. The van der Waals surface area contributed by atoms with Crippen LogP contribution in [-0.4, -0.2) is 13.0 Å². The number of halogens is 1. The smallest absolute Gasteiger partial charge is 0.262 e. The van der Waals surface area contributed by atoms with Crippen LogP contribution in [0, 0.1) is 6.92 Å². The summed E-state index contributed by atoms with van der Waals surface area (Å²) < 4.78 is 12.6. The lowest BCUT2D eigenvalue weighted by Gasteiger charge is -2.39. The van der Waals surface area contributed by atoms with Crippen LogP contribution in [0.2, 0.25) is 0 Å². The van der Waals surface area contributed by atoms with Gasteiger partial charge in [0.05, 0.1) is 17.1 Å². The molecule has 35 heavy (non-hydrogen) atoms. The summed E-state index contributed by atoms with van der Waals surface area (Å²) >= 11 is 3.68. The SMILES string of the molecule is COc1cc([C@H]2Nc3ccccc3C(=O)N2c2ccccc2C)cc(Br)c1OCc1ccccc1. The molecule has 0 spiro atoms. The lowest BCUT2D eigenvalue weighted by atomic mass is 10.0. The van der Waals surface area contributed by atoms with Crippen LogP contribution >= 0.6 is 15.9 Å². The quantitative estimate of drug-likeness (QED) is 0.289. The van der Waals surface area contributed by atoms with E-state index in [1.165, 1.54) is 0 Å². The summed E-state index contributed by atoms with van der Waals surface area (Å²) in [5, 5.41) is 3.56. The zero-order valence-electron chi connectivity index (χ0n) is 19.5. The summed E-state index contributed by atoms with van der Waals surface area (Å²) in [6.07, 6.45) is -0.438. The Morgan fingerprint density at radius 1 is 0.943 bits per heavy atom. The van der Waals surface area contributed by atoms with Gasteiger partial charge in [0, 0.05) is 16.9 Å². The van der Waals surface area contributed by atoms with E-state index in [0.29, 0.717) is 23.7 Å². The molecule has 1 amide bonds. The second-order valence-electron chi connectivity index (χ2n) is 8.36. The van der Waals surface area contributed by atoms with Gasteiger partial charge in [0.1, 0.15) is 12.8 Å². The normalized spacial score (nSPS) is 14.8. The van der Waals surface area contributed by atoms with Crippen LogP contribution in [0.1, 0.15) is 33.2 Å². The molecular weight excluding hydrogens is 504 g/mol. The summed E-state index contributed by atoms with van der Waals surface area (Å²) in [7, 11) is 1.62. The number of anilines is 2. The van der Waals surface area contributed by atoms with Gasteiger partial charge in [-0.05, 0) is 64.3 Å². The number of aryl methyl sites for hydroxylation is 1. The molecule has 4 aromatic carbocycles. The van der Waals surface area contributed by atoms with Crippen molar-refractivity contribution in [2.75, 3.05) is 17.3 Å². The Balaban J connectivity index is 1.56. The van der Waals surface area contributed by atoms with E-state index in [1.54, 1.807) is 7.11 Å². The molecular formula is C29H25BrN2O3. The van der Waals surface area contributed by atoms with E-state index in [4.69, 9.17) is 9.47 Å². The van der Waals surface area contributed by atoms with E-state index in [-0.39, 0.29) is 5.91 Å². The van der Waals surface area contributed by atoms with E-state index >= 15 is 0 Å². The van der Waals surface area contributed by atoms with E-state index in [1.807, 2.05) is 103 Å². The number of methoxy groups -OCH3 is 1. The van der Waals surface area contributed by atoms with Gasteiger partial charge < -0.3 is 14.8 Å². The van der Waals surface area contributed by atoms with Crippen molar-refractivity contribution in [1.29, 1.82) is 0 Å². The second-order valence-corrected chi connectivity index (χ2v) is 9.22. The fraction of sp³-hybridized carbons (Fsp3) is 0.138. The molecule has 1 heterocycles. The Hall–Kier alpha value is -3.77. The number of hydrogen-bond donors (Lipinski definition) is 1. The summed E-state index contributed by atoms with van der Waals surface area (Å²) in [5.41, 5.74) is 5.23. The van der Waals surface area contributed by atoms with Crippen LogP contribution in [0.25, 0.3) is 0 Å². The molecule has 6 heteroatoms. The van der Waals surface area contributed by atoms with E-state index in [0.717, 1.165) is 32.5 Å². The number of carbonyl (C=O) groups is 1. The number of nitrogens with zero attached hydrogens (tertiary/aromatic N) is 1. The number of rotatable bonds is 6. The third-order valence-corrected chi connectivity index (χ3v) is 6.68. The first-order valence-corrected chi connectivity index (χ1v) is 12.1. The fourth-order valence-electron chi connectivity index (χ4n) is 4.34. The van der Waals surface area contributed by atoms with Gasteiger partial charge in [0.2, 0.25) is 0 Å². The number of ether oxygens (including phenoxy) is 2. The Morgan fingerprint density at radius 2 is 1.66 bits per heavy atom. The highest BCUT2D eigenvalue weighted by Crippen LogP contribution is 2.43. The van der Waals surface area contributed by atoms with Gasteiger partial charge in [-0.3, -0.25) is 9.69 Å². The first-order valence-electron chi connectivity index (χ1n) is 11.4. The average molecular weight is 529 g/mol. The topological polar surface area (TPSA) is 50.8 Å². The van der Waals surface area contributed by atoms with Gasteiger partial charge in [-0.25, -0.2) is 0 Å². The van der Waals surface area contributed by atoms with Gasteiger partial charge in [-0.2, -0.15) is 0 Å². The maximum Gasteiger partial charge on any atom is 0.262 e. The molecule has 176 valence electrons. The number of hydrogen-bond acceptors (Lipinski definition) is 4. The molecule has 1 N–H and O–H groups in total. The molecule has 0 aliphatic carbocycles. The van der Waals surface area contributed by atoms with Crippen LogP contribution in [0.5, 0.6) is 11.5 Å². The lowest BCUT2D eigenvalue weighted by Crippen LogP contribution is -2.43. The van der Waals surface area contributed by atoms with Crippen molar-refractivity contribution < 1.29 is 14.3 Å². The van der Waals surface area contributed by atoms with Gasteiger partial charge in [-0.1, -0.05) is 60.7 Å². The van der Waals surface area contributed by atoms with E-state index in [9.17, 15) is 4.79 Å². The molecule has 4 aromatic rings. The number of amides is 1. The maximum atomic E-state index is 13.7. The largest absolute Gasteiger partial charge is 0.493 e. The number of carbonyl (C=O) groups excluding carboxylic acids is 1. The molecule has 0 fully saturated rings. The van der Waals surface area contributed by atoms with E-state index < -0.39 is 6.17 Å². The van der Waals surface area contributed by atoms with Crippen molar-refractivity contribution in [3.05, 3.63) is 118 Å². The zero-order valence-corrected chi connectivity index (χ0v) is 21.1. The molecule has 0 saturated heterocycles. The number of nitrogens with one attached hydrogen (secondary N) is 1. The molecule has 0 unspecified atom stereocenters. The summed E-state index contributed by atoms with van der Waals surface area (Å²) in [6, 6.07) is 29.4. The van der Waals surface area contributed by atoms with Crippen molar-refractivity contribution in [1.82, 2.24) is 0 Å². The number of fused-ring (bicyclic) bond motifs is 1. The standard InChI is InChI=1S/C29H25BrN2O3/c1-19-10-6-9-15-25(19)32-28(31-24-14-8-7-13-22(24)29(32)33)21-16-23(30)27(26(17-21)34-2)35-18-20-11-4-3-5-12-20/h3-17,28,31H,18H2,1-2H3/t28-/m0/s1. The maximum absolute atomic E-state index is 13.7. The van der Waals surface area contributed by atoms with Crippen LogP contribution in [0.4, 0.5) is 11.4 Å². The molecule has 0 bridgehead atoms. The molecule has 5 rings (SSSR count). The van der Waals surface area contributed by atoms with Crippen molar-refractivity contribution in [2.45, 2.75) is 19.7 Å². The number of para-hydroxylation sites is 2. The van der Waals surface area contributed by atoms with E-state index in [2.05, 4.69) is 21.2 Å². The van der Waals surface area contributed by atoms with Crippen molar-refractivity contribution in [3.63, 3.8) is 0 Å². The third-order valence-electron chi connectivity index (χ3n) is 6.10. The van der Waals surface area contributed by atoms with Crippen LogP contribution < -0.4 is 19.7 Å². The summed E-state index contributed by atoms with van der Waals surface area (Å²) in [5.74, 6) is 1.14. The molecule has 1 atom stereocenters. The monoisotopic (exact) mass is 528 g/mol. The van der Waals surface area contributed by atoms with Crippen molar-refractivity contribution in [2.24, 2.45) is 0 Å². The highest BCUT2D eigenvalue weighted by Gasteiger charge is 2.35. The molecule has 0 radical (unpaired) electrons. The number of benzene rings is 4. The first-order chi connectivity index (χ1) is 17.1. The minimum Gasteiger partial charge on any atom is -0.493 e. The Bertz CT molecular complexity index is 1370. The summed E-state index contributed by atoms with van der Waals surface area (Å²) in [4.78, 5) is 15.5. The molecule has 0 saturated carbocycles. The second kappa shape index (κ2) is 9.84. The highest BCUT2D eigenvalue weighted by molar-refractivity contribution is 9.10. The fourth-order valence-corrected chi connectivity index (χ4v) is 4.91. The lowest BCUT2D eigenvalue weighted by molar-refractivity contribution is 0.0974. The third kappa shape index (κ3) is 4.49. The van der Waals surface area contributed by atoms with Crippen molar-refractivity contribution >= 4 is 33.2 Å². The van der Waals surface area contributed by atoms with Gasteiger partial charge in [0.15, 0.2) is 11.5 Å². The Labute approximate surface area is 213 Å². The highest BCUT2D eigenvalue weighted by atomic mass is 79.9. The van der Waals surface area contributed by atoms with Crippen LogP contribution in [-0.2, 0) is 6.61 Å². The Kier molecular flexibility index (Phi) is 6.47. The molecule has 5 nitrogen and oxygen atoms in total.